The molecule has 0 aromatic carbocycles. The van der Waals surface area contributed by atoms with Gasteiger partial charge in [0, 0.05) is 19.3 Å². The van der Waals surface area contributed by atoms with Gasteiger partial charge in [0.15, 0.2) is 0 Å². The van der Waals surface area contributed by atoms with E-state index >= 15 is 0 Å². The first-order chi connectivity index (χ1) is 7.58. The van der Waals surface area contributed by atoms with Gasteiger partial charge in [0.2, 0.25) is 0 Å². The lowest BCUT2D eigenvalue weighted by atomic mass is 10.1. The van der Waals surface area contributed by atoms with Crippen molar-refractivity contribution in [3.8, 4) is 0 Å². The molecule has 16 heavy (non-hydrogen) atoms. The maximum atomic E-state index is 5.66. The maximum absolute atomic E-state index is 5.66. The topological polar surface area (TPSA) is 55.0 Å². The smallest absolute Gasteiger partial charge is 0.150 e. The van der Waals surface area contributed by atoms with Crippen molar-refractivity contribution in [2.75, 3.05) is 24.5 Å². The number of anilines is 1. The molecule has 0 aliphatic heterocycles. The fraction of sp³-hybridized carbons (Fsp3) is 0.667. The second kappa shape index (κ2) is 5.80. The summed E-state index contributed by atoms with van der Waals surface area (Å²) < 4.78 is 0. The monoisotopic (exact) mass is 222 g/mol. The van der Waals surface area contributed by atoms with E-state index in [2.05, 4.69) is 28.7 Å². The first-order valence-corrected chi connectivity index (χ1v) is 5.83. The van der Waals surface area contributed by atoms with Crippen LogP contribution in [0.25, 0.3) is 0 Å². The summed E-state index contributed by atoms with van der Waals surface area (Å²) in [4.78, 5) is 11.1. The van der Waals surface area contributed by atoms with Crippen molar-refractivity contribution in [1.82, 2.24) is 9.97 Å². The van der Waals surface area contributed by atoms with Crippen LogP contribution in [0.4, 0.5) is 5.82 Å². The third-order valence-corrected chi connectivity index (χ3v) is 2.67. The Bertz CT molecular complexity index is 338. The molecule has 0 saturated carbocycles. The number of rotatable bonds is 5. The molecule has 0 spiro atoms. The van der Waals surface area contributed by atoms with Gasteiger partial charge < -0.3 is 10.6 Å². The lowest BCUT2D eigenvalue weighted by Crippen LogP contribution is -2.32. The van der Waals surface area contributed by atoms with Gasteiger partial charge in [0.25, 0.3) is 0 Å². The molecule has 0 amide bonds. The van der Waals surface area contributed by atoms with E-state index in [1.54, 1.807) is 6.20 Å². The quantitative estimate of drug-likeness (QED) is 0.820. The molecule has 0 bridgehead atoms. The van der Waals surface area contributed by atoms with Gasteiger partial charge in [-0.05, 0) is 33.2 Å². The summed E-state index contributed by atoms with van der Waals surface area (Å²) in [5, 5.41) is 0. The molecule has 1 heterocycles. The predicted molar refractivity (Wildman–Crippen MR) is 67.6 cm³/mol. The summed E-state index contributed by atoms with van der Waals surface area (Å²) >= 11 is 0. The lowest BCUT2D eigenvalue weighted by molar-refractivity contribution is 0.571. The Kier molecular flexibility index (Phi) is 4.68. The maximum Gasteiger partial charge on any atom is 0.150 e. The summed E-state index contributed by atoms with van der Waals surface area (Å²) in [6.07, 6.45) is 1.80. The highest BCUT2D eigenvalue weighted by molar-refractivity contribution is 5.43. The van der Waals surface area contributed by atoms with Crippen LogP contribution in [0.1, 0.15) is 25.2 Å². The Morgan fingerprint density at radius 2 is 2.12 bits per heavy atom. The van der Waals surface area contributed by atoms with Crippen LogP contribution >= 0.6 is 0 Å². The molecule has 2 N–H and O–H groups in total. The Hall–Kier alpha value is -1.16. The highest BCUT2D eigenvalue weighted by Gasteiger charge is 2.12. The zero-order chi connectivity index (χ0) is 12.1. The van der Waals surface area contributed by atoms with Gasteiger partial charge in [-0.2, -0.15) is 0 Å². The molecule has 1 aromatic rings. The van der Waals surface area contributed by atoms with Crippen LogP contribution in [-0.2, 0) is 0 Å². The van der Waals surface area contributed by atoms with Gasteiger partial charge in [-0.3, -0.25) is 4.98 Å². The molecular formula is C12H22N4. The number of aryl methyl sites for hydroxylation is 2. The molecule has 0 radical (unpaired) electrons. The zero-order valence-corrected chi connectivity index (χ0v) is 10.7. The fourth-order valence-electron chi connectivity index (χ4n) is 1.64. The number of nitrogens with two attached hydrogens (primary N) is 1. The van der Waals surface area contributed by atoms with Crippen molar-refractivity contribution in [3.05, 3.63) is 17.6 Å². The van der Waals surface area contributed by atoms with Crippen LogP contribution < -0.4 is 10.6 Å². The van der Waals surface area contributed by atoms with E-state index in [1.165, 1.54) is 0 Å². The second-order valence-electron chi connectivity index (χ2n) is 4.30. The number of aromatic nitrogens is 2. The van der Waals surface area contributed by atoms with Crippen molar-refractivity contribution >= 4 is 5.82 Å². The zero-order valence-electron chi connectivity index (χ0n) is 10.7. The molecule has 1 rings (SSSR count). The van der Waals surface area contributed by atoms with Crippen molar-refractivity contribution in [2.45, 2.75) is 27.7 Å². The standard InChI is InChI=1S/C12H22N4/c1-5-16(8-9(2)6-13)12-11(4)14-7-10(3)15-12/h7,9H,5-6,8,13H2,1-4H3. The molecule has 0 aliphatic carbocycles. The molecule has 4 nitrogen and oxygen atoms in total. The minimum atomic E-state index is 0.474. The molecule has 0 aliphatic rings. The Balaban J connectivity index is 2.89. The van der Waals surface area contributed by atoms with Crippen molar-refractivity contribution < 1.29 is 0 Å². The highest BCUT2D eigenvalue weighted by Crippen LogP contribution is 2.16. The predicted octanol–water partition coefficient (Wildman–Crippen LogP) is 1.51. The van der Waals surface area contributed by atoms with Gasteiger partial charge >= 0.3 is 0 Å². The minimum Gasteiger partial charge on any atom is -0.355 e. The Morgan fingerprint density at radius 1 is 1.44 bits per heavy atom. The van der Waals surface area contributed by atoms with E-state index in [1.807, 2.05) is 13.8 Å². The first-order valence-electron chi connectivity index (χ1n) is 5.83. The van der Waals surface area contributed by atoms with Gasteiger partial charge in [0.05, 0.1) is 11.4 Å². The summed E-state index contributed by atoms with van der Waals surface area (Å²) in [6, 6.07) is 0. The molecule has 0 fully saturated rings. The molecule has 1 aromatic heterocycles. The first kappa shape index (κ1) is 12.9. The van der Waals surface area contributed by atoms with Crippen LogP contribution in [0.2, 0.25) is 0 Å². The van der Waals surface area contributed by atoms with Gasteiger partial charge in [-0.1, -0.05) is 6.92 Å². The average Bonchev–Trinajstić information content (AvgIpc) is 2.29. The highest BCUT2D eigenvalue weighted by atomic mass is 15.2. The third-order valence-electron chi connectivity index (χ3n) is 2.67. The number of hydrogen-bond acceptors (Lipinski definition) is 4. The molecule has 4 heteroatoms. The van der Waals surface area contributed by atoms with E-state index in [0.717, 1.165) is 30.3 Å². The van der Waals surface area contributed by atoms with Gasteiger partial charge in [0.1, 0.15) is 5.82 Å². The normalized spacial score (nSPS) is 12.6. The molecule has 90 valence electrons. The SMILES string of the molecule is CCN(CC(C)CN)c1nc(C)cnc1C. The summed E-state index contributed by atoms with van der Waals surface area (Å²) in [5.74, 6) is 1.46. The van der Waals surface area contributed by atoms with E-state index in [-0.39, 0.29) is 0 Å². The van der Waals surface area contributed by atoms with E-state index in [9.17, 15) is 0 Å². The lowest BCUT2D eigenvalue weighted by Gasteiger charge is -2.26. The van der Waals surface area contributed by atoms with Crippen LogP contribution in [0.3, 0.4) is 0 Å². The average molecular weight is 222 g/mol. The van der Waals surface area contributed by atoms with Crippen molar-refractivity contribution in [1.29, 1.82) is 0 Å². The summed E-state index contributed by atoms with van der Waals surface area (Å²) in [5.41, 5.74) is 7.60. The Morgan fingerprint density at radius 3 is 2.69 bits per heavy atom. The van der Waals surface area contributed by atoms with Crippen LogP contribution in [0.15, 0.2) is 6.20 Å². The van der Waals surface area contributed by atoms with Crippen molar-refractivity contribution in [2.24, 2.45) is 11.7 Å². The molecule has 0 saturated heterocycles. The van der Waals surface area contributed by atoms with Gasteiger partial charge in [-0.25, -0.2) is 4.98 Å². The summed E-state index contributed by atoms with van der Waals surface area (Å²) in [7, 11) is 0. The number of hydrogen-bond donors (Lipinski definition) is 1. The van der Waals surface area contributed by atoms with Crippen LogP contribution in [0.5, 0.6) is 0 Å². The Labute approximate surface area is 97.9 Å². The van der Waals surface area contributed by atoms with Crippen LogP contribution in [0, 0.1) is 19.8 Å². The largest absolute Gasteiger partial charge is 0.355 e. The number of nitrogens with zero attached hydrogens (tertiary/aromatic N) is 3. The van der Waals surface area contributed by atoms with E-state index in [4.69, 9.17) is 5.73 Å². The van der Waals surface area contributed by atoms with E-state index < -0.39 is 0 Å². The third kappa shape index (κ3) is 3.17. The van der Waals surface area contributed by atoms with E-state index in [0.29, 0.717) is 12.5 Å². The molecule has 1 unspecified atom stereocenters. The molecular weight excluding hydrogens is 200 g/mol. The molecule has 1 atom stereocenters. The summed E-state index contributed by atoms with van der Waals surface area (Å²) in [6.45, 7) is 10.8. The van der Waals surface area contributed by atoms with Crippen LogP contribution in [-0.4, -0.2) is 29.6 Å². The van der Waals surface area contributed by atoms with Gasteiger partial charge in [-0.15, -0.1) is 0 Å². The second-order valence-corrected chi connectivity index (χ2v) is 4.30. The fourth-order valence-corrected chi connectivity index (χ4v) is 1.64. The van der Waals surface area contributed by atoms with Crippen molar-refractivity contribution in [3.63, 3.8) is 0 Å². The minimum absolute atomic E-state index is 0.474.